The van der Waals surface area contributed by atoms with Crippen LogP contribution in [0.25, 0.3) is 11.1 Å². The molecule has 0 bridgehead atoms. The van der Waals surface area contributed by atoms with E-state index in [1.165, 1.54) is 0 Å². The van der Waals surface area contributed by atoms with Gasteiger partial charge in [0.25, 0.3) is 5.91 Å². The molecule has 13 heteroatoms. The smallest absolute Gasteiger partial charge is 0.488 e. The lowest BCUT2D eigenvalue weighted by Gasteiger charge is -2.31. The van der Waals surface area contributed by atoms with Crippen LogP contribution in [0.2, 0.25) is 5.02 Å². The van der Waals surface area contributed by atoms with E-state index in [0.717, 1.165) is 33.7 Å². The highest BCUT2D eigenvalue weighted by Gasteiger charge is 2.40. The lowest BCUT2D eigenvalue weighted by Crippen LogP contribution is -2.48. The van der Waals surface area contributed by atoms with Crippen molar-refractivity contribution >= 4 is 47.4 Å². The van der Waals surface area contributed by atoms with Crippen LogP contribution in [0.15, 0.2) is 96.0 Å². The van der Waals surface area contributed by atoms with Crippen LogP contribution in [0, 0.1) is 0 Å². The van der Waals surface area contributed by atoms with Crippen LogP contribution in [0.5, 0.6) is 5.75 Å². The van der Waals surface area contributed by atoms with Crippen LogP contribution in [0.1, 0.15) is 34.8 Å². The molecule has 3 atom stereocenters. The lowest BCUT2D eigenvalue weighted by molar-refractivity contribution is -0.121. The van der Waals surface area contributed by atoms with Gasteiger partial charge in [0.1, 0.15) is 11.9 Å². The molecule has 0 aromatic heterocycles. The molecule has 1 saturated heterocycles. The Morgan fingerprint density at radius 3 is 2.40 bits per heavy atom. The summed E-state index contributed by atoms with van der Waals surface area (Å²) in [6, 6.07) is 26.8. The Morgan fingerprint density at radius 1 is 0.917 bits per heavy atom. The summed E-state index contributed by atoms with van der Waals surface area (Å²) in [4.78, 5) is 33.6. The van der Waals surface area contributed by atoms with Crippen molar-refractivity contribution in [2.45, 2.75) is 31.7 Å². The van der Waals surface area contributed by atoms with Crippen LogP contribution in [0.3, 0.4) is 0 Å². The first kappa shape index (κ1) is 33.2. The van der Waals surface area contributed by atoms with E-state index in [9.17, 15) is 19.6 Å². The Hall–Kier alpha value is -4.72. The monoisotopic (exact) mass is 666 g/mol. The molecule has 48 heavy (non-hydrogen) atoms. The largest absolute Gasteiger partial charge is 0.497 e. The molecule has 2 amide bonds. The minimum atomic E-state index is -1.58. The van der Waals surface area contributed by atoms with Gasteiger partial charge in [-0.25, -0.2) is 10.9 Å². The summed E-state index contributed by atoms with van der Waals surface area (Å²) in [5.74, 6) is 0.205. The zero-order valence-corrected chi connectivity index (χ0v) is 27.2. The molecule has 1 fully saturated rings. The number of halogens is 1. The van der Waals surface area contributed by atoms with E-state index >= 15 is 0 Å². The van der Waals surface area contributed by atoms with Crippen molar-refractivity contribution in [2.75, 3.05) is 25.1 Å². The van der Waals surface area contributed by atoms with E-state index in [1.54, 1.807) is 43.5 Å². The number of hydrogen-bond acceptors (Lipinski definition) is 9. The third-order valence-corrected chi connectivity index (χ3v) is 8.69. The van der Waals surface area contributed by atoms with E-state index in [2.05, 4.69) is 26.4 Å². The maximum Gasteiger partial charge on any atom is 0.488 e. The van der Waals surface area contributed by atoms with Gasteiger partial charge in [-0.2, -0.15) is 0 Å². The second-order valence-electron chi connectivity index (χ2n) is 11.6. The van der Waals surface area contributed by atoms with Crippen LogP contribution in [0.4, 0.5) is 5.69 Å². The number of ether oxygens (including phenoxy) is 1. The number of amides is 2. The summed E-state index contributed by atoms with van der Waals surface area (Å²) in [7, 11) is 0.0424. The fourth-order valence-corrected chi connectivity index (χ4v) is 6.17. The van der Waals surface area contributed by atoms with Gasteiger partial charge in [0.2, 0.25) is 5.91 Å². The number of carbonyl (C=O) groups excluding carboxylic acids is 2. The van der Waals surface area contributed by atoms with Crippen molar-refractivity contribution in [3.63, 3.8) is 0 Å². The van der Waals surface area contributed by atoms with E-state index in [1.807, 2.05) is 61.5 Å². The number of rotatable bonds is 10. The fourth-order valence-electron chi connectivity index (χ4n) is 6.04. The van der Waals surface area contributed by atoms with Gasteiger partial charge in [-0.05, 0) is 66.0 Å². The number of benzene rings is 4. The van der Waals surface area contributed by atoms with E-state index in [0.29, 0.717) is 21.8 Å². The van der Waals surface area contributed by atoms with Crippen molar-refractivity contribution < 1.29 is 24.4 Å². The van der Waals surface area contributed by atoms with Gasteiger partial charge in [0, 0.05) is 40.5 Å². The molecule has 11 nitrogen and oxygen atoms in total. The molecule has 2 aliphatic rings. The number of hydrogen-bond donors (Lipinski definition) is 6. The minimum Gasteiger partial charge on any atom is -0.497 e. The van der Waals surface area contributed by atoms with Gasteiger partial charge in [-0.1, -0.05) is 60.1 Å². The zero-order chi connectivity index (χ0) is 33.8. The molecule has 4 aromatic rings. The highest BCUT2D eigenvalue weighted by molar-refractivity contribution is 6.58. The van der Waals surface area contributed by atoms with Crippen LogP contribution >= 0.6 is 11.6 Å². The molecule has 6 rings (SSSR count). The van der Waals surface area contributed by atoms with Crippen molar-refractivity contribution in [1.29, 1.82) is 0 Å². The first-order valence-electron chi connectivity index (χ1n) is 15.6. The topological polar surface area (TPSA) is 148 Å². The predicted molar refractivity (Wildman–Crippen MR) is 188 cm³/mol. The number of nitrogens with one attached hydrogen (secondary N) is 4. The predicted octanol–water partition coefficient (Wildman–Crippen LogP) is 2.44. The normalized spacial score (nSPS) is 18.2. The fraction of sp³-hybridized carbons (Fsp3) is 0.229. The third-order valence-electron chi connectivity index (χ3n) is 8.44. The van der Waals surface area contributed by atoms with Crippen LogP contribution in [-0.2, 0) is 4.79 Å². The molecule has 3 unspecified atom stereocenters. The second kappa shape index (κ2) is 14.6. The van der Waals surface area contributed by atoms with Crippen molar-refractivity contribution in [2.24, 2.45) is 4.99 Å². The van der Waals surface area contributed by atoms with Crippen molar-refractivity contribution in [3.05, 3.63) is 113 Å². The molecule has 0 radical (unpaired) electrons. The summed E-state index contributed by atoms with van der Waals surface area (Å²) in [5.41, 5.74) is 12.4. The van der Waals surface area contributed by atoms with Crippen molar-refractivity contribution in [1.82, 2.24) is 21.5 Å². The Bertz CT molecular complexity index is 1840. The number of methoxy groups -OCH3 is 1. The Morgan fingerprint density at radius 2 is 1.65 bits per heavy atom. The lowest BCUT2D eigenvalue weighted by atomic mass is 9.79. The molecular formula is C35H36BClN6O5. The summed E-state index contributed by atoms with van der Waals surface area (Å²) < 4.78 is 5.56. The number of nitrogens with zero attached hydrogens (tertiary/aromatic N) is 2. The molecule has 2 heterocycles. The number of hydrazine groups is 1. The molecule has 0 saturated carbocycles. The number of carbonyl (C=O) groups is 2. The Labute approximate surface area is 284 Å². The minimum absolute atomic E-state index is 0.0774. The Balaban J connectivity index is 1.13. The van der Waals surface area contributed by atoms with Gasteiger partial charge < -0.3 is 30.3 Å². The number of fused-ring (bicyclic) bond motifs is 3. The standard InChI is InChI=1S/C35H36BClN6O5/c1-21-41-42-34-30(40-33(22-9-11-27(37)12-10-22)29-19-28(48-2)13-14-31(29)43(21)34)20-32(44)38-15-16-39-35(45)25-7-3-5-23(17-25)24-6-4-8-26(18-24)36(46)47/h3-14,17-19,21,30,34,41-42,46-47H,15-16,20H2,1-2H3,(H,38,44)(H,39,45). The molecular weight excluding hydrogens is 631 g/mol. The van der Waals surface area contributed by atoms with Gasteiger partial charge in [-0.15, -0.1) is 0 Å². The van der Waals surface area contributed by atoms with Gasteiger partial charge in [-0.3, -0.25) is 14.6 Å². The highest BCUT2D eigenvalue weighted by atomic mass is 35.5. The third kappa shape index (κ3) is 7.23. The van der Waals surface area contributed by atoms with Gasteiger partial charge in [0.15, 0.2) is 0 Å². The van der Waals surface area contributed by atoms with Gasteiger partial charge in [0.05, 0.1) is 31.4 Å². The second-order valence-corrected chi connectivity index (χ2v) is 12.1. The maximum atomic E-state index is 13.3. The van der Waals surface area contributed by atoms with Crippen molar-refractivity contribution in [3.8, 4) is 16.9 Å². The van der Waals surface area contributed by atoms with E-state index in [-0.39, 0.29) is 43.7 Å². The molecule has 0 spiro atoms. The Kier molecular flexibility index (Phi) is 10.1. The molecule has 6 N–H and O–H groups in total. The summed E-state index contributed by atoms with van der Waals surface area (Å²) >= 11 is 6.21. The van der Waals surface area contributed by atoms with Crippen LogP contribution < -0.4 is 36.6 Å². The molecule has 246 valence electrons. The average Bonchev–Trinajstić information content (AvgIpc) is 3.43. The molecule has 2 aliphatic heterocycles. The van der Waals surface area contributed by atoms with Gasteiger partial charge >= 0.3 is 7.12 Å². The summed E-state index contributed by atoms with van der Waals surface area (Å²) in [6.07, 6.45) is -0.287. The maximum absolute atomic E-state index is 13.3. The van der Waals surface area contributed by atoms with E-state index < -0.39 is 13.2 Å². The average molecular weight is 667 g/mol. The number of aliphatic imine (C=N–C) groups is 1. The molecule has 0 aliphatic carbocycles. The quantitative estimate of drug-likeness (QED) is 0.112. The number of anilines is 1. The highest BCUT2D eigenvalue weighted by Crippen LogP contribution is 2.36. The van der Waals surface area contributed by atoms with Crippen LogP contribution in [-0.4, -0.2) is 73.3 Å². The summed E-state index contributed by atoms with van der Waals surface area (Å²) in [5, 5.41) is 25.4. The summed E-state index contributed by atoms with van der Waals surface area (Å²) in [6.45, 7) is 2.50. The first-order chi connectivity index (χ1) is 23.2. The van der Waals surface area contributed by atoms with E-state index in [4.69, 9.17) is 21.3 Å². The molecule has 4 aromatic carbocycles. The first-order valence-corrected chi connectivity index (χ1v) is 16.0. The zero-order valence-electron chi connectivity index (χ0n) is 26.5. The SMILES string of the molecule is COc1ccc2c(c1)C(c1ccc(Cl)cc1)=NC(CC(=O)NCCNC(=O)c1cccc(-c3cccc(B(O)O)c3)c1)C1NNC(C)N21.